The Labute approximate surface area is 127 Å². The van der Waals surface area contributed by atoms with Gasteiger partial charge in [0.05, 0.1) is 9.77 Å². The summed E-state index contributed by atoms with van der Waals surface area (Å²) in [6, 6.07) is 5.53. The molecule has 0 aromatic carbocycles. The van der Waals surface area contributed by atoms with E-state index in [1.807, 2.05) is 12.1 Å². The normalized spacial score (nSPS) is 21.5. The van der Waals surface area contributed by atoms with E-state index in [2.05, 4.69) is 23.7 Å². The maximum Gasteiger partial charge on any atom is 0.161 e. The summed E-state index contributed by atoms with van der Waals surface area (Å²) in [6.45, 7) is 5.59. The van der Waals surface area contributed by atoms with E-state index in [1.54, 1.807) is 6.07 Å². The van der Waals surface area contributed by atoms with Crippen LogP contribution in [0.15, 0.2) is 12.1 Å². The highest BCUT2D eigenvalue weighted by atomic mass is 35.5. The van der Waals surface area contributed by atoms with Crippen molar-refractivity contribution in [3.63, 3.8) is 0 Å². The van der Waals surface area contributed by atoms with Gasteiger partial charge in [-0.2, -0.15) is 5.26 Å². The minimum absolute atomic E-state index is 0.174. The van der Waals surface area contributed by atoms with Crippen LogP contribution in [0.4, 0.5) is 5.82 Å². The summed E-state index contributed by atoms with van der Waals surface area (Å²) >= 11 is 5.92. The standard InChI is InChI=1S/C14H18ClN3OS/c1-3-14(4-2)10-18(7-8-20(14)19)13-6-5-11(15)12(9-16)17-13/h5-6H,3-4,7-8,10H2,1-2H3. The number of aromatic nitrogens is 1. The summed E-state index contributed by atoms with van der Waals surface area (Å²) in [5, 5.41) is 9.38. The Morgan fingerprint density at radius 3 is 2.80 bits per heavy atom. The molecule has 4 nitrogen and oxygen atoms in total. The number of rotatable bonds is 3. The molecule has 1 aromatic rings. The van der Waals surface area contributed by atoms with Gasteiger partial charge in [-0.05, 0) is 25.0 Å². The maximum absolute atomic E-state index is 12.3. The van der Waals surface area contributed by atoms with E-state index in [9.17, 15) is 4.21 Å². The van der Waals surface area contributed by atoms with Crippen molar-refractivity contribution < 1.29 is 4.21 Å². The minimum Gasteiger partial charge on any atom is -0.354 e. The average Bonchev–Trinajstić information content (AvgIpc) is 2.49. The van der Waals surface area contributed by atoms with Crippen molar-refractivity contribution in [1.82, 2.24) is 4.98 Å². The number of pyridine rings is 1. The Hall–Kier alpha value is -1.12. The van der Waals surface area contributed by atoms with Crippen LogP contribution in [0.3, 0.4) is 0 Å². The summed E-state index contributed by atoms with van der Waals surface area (Å²) in [6.07, 6.45) is 1.76. The van der Waals surface area contributed by atoms with Crippen LogP contribution in [-0.2, 0) is 10.8 Å². The fraction of sp³-hybridized carbons (Fsp3) is 0.571. The highest BCUT2D eigenvalue weighted by Crippen LogP contribution is 2.31. The Morgan fingerprint density at radius 1 is 1.50 bits per heavy atom. The van der Waals surface area contributed by atoms with Crippen LogP contribution >= 0.6 is 11.6 Å². The average molecular weight is 312 g/mol. The van der Waals surface area contributed by atoms with Gasteiger partial charge < -0.3 is 4.90 Å². The lowest BCUT2D eigenvalue weighted by Gasteiger charge is -2.41. The summed E-state index contributed by atoms with van der Waals surface area (Å²) in [5.74, 6) is 1.39. The van der Waals surface area contributed by atoms with Crippen molar-refractivity contribution in [2.24, 2.45) is 0 Å². The zero-order valence-corrected chi connectivity index (χ0v) is 13.3. The van der Waals surface area contributed by atoms with Crippen LogP contribution < -0.4 is 4.90 Å². The first-order chi connectivity index (χ1) is 9.56. The molecule has 1 saturated heterocycles. The van der Waals surface area contributed by atoms with Crippen LogP contribution in [0.25, 0.3) is 0 Å². The highest BCUT2D eigenvalue weighted by Gasteiger charge is 2.39. The number of hydrogen-bond acceptors (Lipinski definition) is 4. The summed E-state index contributed by atoms with van der Waals surface area (Å²) in [7, 11) is -0.803. The van der Waals surface area contributed by atoms with Crippen LogP contribution in [0.2, 0.25) is 5.02 Å². The summed E-state index contributed by atoms with van der Waals surface area (Å²) in [5.41, 5.74) is 0.245. The highest BCUT2D eigenvalue weighted by molar-refractivity contribution is 7.86. The molecule has 2 heterocycles. The Morgan fingerprint density at radius 2 is 2.20 bits per heavy atom. The van der Waals surface area contributed by atoms with Gasteiger partial charge in [-0.15, -0.1) is 0 Å². The molecule has 6 heteroatoms. The molecule has 1 unspecified atom stereocenters. The van der Waals surface area contributed by atoms with Crippen LogP contribution in [0, 0.1) is 11.3 Å². The van der Waals surface area contributed by atoms with Crippen molar-refractivity contribution in [2.75, 3.05) is 23.7 Å². The van der Waals surface area contributed by atoms with Crippen molar-refractivity contribution in [3.8, 4) is 6.07 Å². The van der Waals surface area contributed by atoms with Crippen LogP contribution in [0.5, 0.6) is 0 Å². The van der Waals surface area contributed by atoms with Crippen LogP contribution in [-0.4, -0.2) is 32.8 Å². The molecule has 0 aliphatic carbocycles. The van der Waals surface area contributed by atoms with Gasteiger partial charge in [0.2, 0.25) is 0 Å². The van der Waals surface area contributed by atoms with Gasteiger partial charge in [-0.25, -0.2) is 4.98 Å². The minimum atomic E-state index is -0.803. The van der Waals surface area contributed by atoms with E-state index >= 15 is 0 Å². The molecule has 1 aliphatic rings. The van der Waals surface area contributed by atoms with Gasteiger partial charge in [0, 0.05) is 29.6 Å². The smallest absolute Gasteiger partial charge is 0.161 e. The monoisotopic (exact) mass is 311 g/mol. The molecule has 2 rings (SSSR count). The van der Waals surface area contributed by atoms with Crippen molar-refractivity contribution >= 4 is 28.2 Å². The predicted octanol–water partition coefficient (Wildman–Crippen LogP) is 2.73. The fourth-order valence-corrected chi connectivity index (χ4v) is 4.50. The number of halogens is 1. The lowest BCUT2D eigenvalue weighted by Crippen LogP contribution is -2.53. The Balaban J connectivity index is 2.31. The van der Waals surface area contributed by atoms with Gasteiger partial charge in [-0.3, -0.25) is 4.21 Å². The zero-order chi connectivity index (χ0) is 14.8. The van der Waals surface area contributed by atoms with E-state index in [0.717, 1.165) is 18.7 Å². The van der Waals surface area contributed by atoms with E-state index in [-0.39, 0.29) is 10.4 Å². The molecular weight excluding hydrogens is 294 g/mol. The van der Waals surface area contributed by atoms with Gasteiger partial charge >= 0.3 is 0 Å². The second-order valence-electron chi connectivity index (χ2n) is 4.97. The molecular formula is C14H18ClN3OS. The molecule has 20 heavy (non-hydrogen) atoms. The third kappa shape index (κ3) is 2.68. The predicted molar refractivity (Wildman–Crippen MR) is 82.5 cm³/mol. The Kier molecular flexibility index (Phi) is 4.66. The third-order valence-corrected chi connectivity index (χ3v) is 6.59. The quantitative estimate of drug-likeness (QED) is 0.861. The van der Waals surface area contributed by atoms with Gasteiger partial charge in [0.1, 0.15) is 11.9 Å². The van der Waals surface area contributed by atoms with Crippen molar-refractivity contribution in [2.45, 2.75) is 31.4 Å². The Bertz CT molecular complexity index is 566. The first-order valence-electron chi connectivity index (χ1n) is 6.76. The molecule has 1 atom stereocenters. The topological polar surface area (TPSA) is 57.0 Å². The van der Waals surface area contributed by atoms with Gasteiger partial charge in [0.25, 0.3) is 0 Å². The largest absolute Gasteiger partial charge is 0.354 e. The van der Waals surface area contributed by atoms with Gasteiger partial charge in [-0.1, -0.05) is 25.4 Å². The molecule has 0 radical (unpaired) electrons. The molecule has 0 bridgehead atoms. The van der Waals surface area contributed by atoms with E-state index < -0.39 is 10.8 Å². The lowest BCUT2D eigenvalue weighted by atomic mass is 10.0. The molecule has 108 valence electrons. The number of nitriles is 1. The first kappa shape index (κ1) is 15.3. The summed E-state index contributed by atoms with van der Waals surface area (Å²) < 4.78 is 12.1. The van der Waals surface area contributed by atoms with Gasteiger partial charge in [0.15, 0.2) is 5.69 Å². The second kappa shape index (κ2) is 6.11. The number of anilines is 1. The van der Waals surface area contributed by atoms with E-state index in [1.165, 1.54) is 0 Å². The molecule has 0 spiro atoms. The molecule has 0 N–H and O–H groups in total. The second-order valence-corrected chi connectivity index (χ2v) is 7.35. The summed E-state index contributed by atoms with van der Waals surface area (Å²) in [4.78, 5) is 6.42. The van der Waals surface area contributed by atoms with Crippen LogP contribution in [0.1, 0.15) is 32.4 Å². The molecule has 0 amide bonds. The van der Waals surface area contributed by atoms with Crippen molar-refractivity contribution in [3.05, 3.63) is 22.8 Å². The molecule has 0 saturated carbocycles. The molecule has 1 fully saturated rings. The number of nitrogens with zero attached hydrogens (tertiary/aromatic N) is 3. The zero-order valence-electron chi connectivity index (χ0n) is 11.7. The first-order valence-corrected chi connectivity index (χ1v) is 8.46. The maximum atomic E-state index is 12.3. The van der Waals surface area contributed by atoms with E-state index in [4.69, 9.17) is 16.9 Å². The number of hydrogen-bond donors (Lipinski definition) is 0. The van der Waals surface area contributed by atoms with Crippen molar-refractivity contribution in [1.29, 1.82) is 5.26 Å². The third-order valence-electron chi connectivity index (χ3n) is 4.06. The van der Waals surface area contributed by atoms with E-state index in [0.29, 0.717) is 23.9 Å². The SMILES string of the molecule is CCC1(CC)CN(c2ccc(Cl)c(C#N)n2)CCS1=O. The molecule has 1 aliphatic heterocycles. The molecule has 1 aromatic heterocycles. The fourth-order valence-electron chi connectivity index (χ4n) is 2.59. The lowest BCUT2D eigenvalue weighted by molar-refractivity contribution is 0.494.